The first-order valence-electron chi connectivity index (χ1n) is 7.66. The van der Waals surface area contributed by atoms with Gasteiger partial charge in [0.25, 0.3) is 5.69 Å². The lowest BCUT2D eigenvalue weighted by atomic mass is 9.90. The number of nitro benzene ring substituents is 1. The van der Waals surface area contributed by atoms with Gasteiger partial charge in [-0.3, -0.25) is 14.9 Å². The number of aryl methyl sites for hydroxylation is 1. The summed E-state index contributed by atoms with van der Waals surface area (Å²) in [5, 5.41) is 14.3. The van der Waals surface area contributed by atoms with Crippen LogP contribution in [0.1, 0.15) is 32.3 Å². The van der Waals surface area contributed by atoms with E-state index in [0.717, 1.165) is 25.9 Å². The van der Waals surface area contributed by atoms with Crippen molar-refractivity contribution in [2.24, 2.45) is 5.92 Å². The van der Waals surface area contributed by atoms with Crippen molar-refractivity contribution in [1.82, 2.24) is 5.32 Å². The molecule has 0 aromatic heterocycles. The van der Waals surface area contributed by atoms with E-state index in [2.05, 4.69) is 10.2 Å². The third-order valence-electron chi connectivity index (χ3n) is 4.42. The van der Waals surface area contributed by atoms with Crippen molar-refractivity contribution in [3.05, 3.63) is 33.9 Å². The highest BCUT2D eigenvalue weighted by atomic mass is 16.6. The maximum atomic E-state index is 11.3. The Morgan fingerprint density at radius 3 is 2.59 bits per heavy atom. The van der Waals surface area contributed by atoms with Crippen molar-refractivity contribution >= 4 is 17.3 Å². The summed E-state index contributed by atoms with van der Waals surface area (Å²) in [6, 6.07) is 5.60. The van der Waals surface area contributed by atoms with Crippen molar-refractivity contribution in [3.63, 3.8) is 0 Å². The molecule has 22 heavy (non-hydrogen) atoms. The van der Waals surface area contributed by atoms with E-state index >= 15 is 0 Å². The third kappa shape index (κ3) is 3.55. The minimum absolute atomic E-state index is 0.00995. The number of carbonyl (C=O) groups excluding carboxylic acids is 1. The molecule has 0 spiro atoms. The van der Waals surface area contributed by atoms with E-state index in [9.17, 15) is 14.9 Å². The van der Waals surface area contributed by atoms with Gasteiger partial charge in [0.15, 0.2) is 0 Å². The molecule has 1 aromatic rings. The number of hydrogen-bond donors (Lipinski definition) is 1. The van der Waals surface area contributed by atoms with Crippen molar-refractivity contribution in [3.8, 4) is 0 Å². The summed E-state index contributed by atoms with van der Waals surface area (Å²) in [5.41, 5.74) is 1.60. The number of nitrogens with one attached hydrogen (secondary N) is 1. The van der Waals surface area contributed by atoms with Gasteiger partial charge in [0, 0.05) is 31.6 Å². The van der Waals surface area contributed by atoms with Crippen molar-refractivity contribution < 1.29 is 9.72 Å². The summed E-state index contributed by atoms with van der Waals surface area (Å²) in [5.74, 6) is 0.410. The molecular weight excluding hydrogens is 282 g/mol. The second-order valence-electron chi connectivity index (χ2n) is 6.01. The fraction of sp³-hybridized carbons (Fsp3) is 0.562. The Labute approximate surface area is 130 Å². The Hall–Kier alpha value is -2.11. The van der Waals surface area contributed by atoms with Gasteiger partial charge in [-0.15, -0.1) is 0 Å². The van der Waals surface area contributed by atoms with Gasteiger partial charge in [0.2, 0.25) is 5.91 Å². The van der Waals surface area contributed by atoms with E-state index in [1.807, 2.05) is 19.1 Å². The van der Waals surface area contributed by atoms with Gasteiger partial charge < -0.3 is 10.2 Å². The van der Waals surface area contributed by atoms with E-state index in [-0.39, 0.29) is 22.6 Å². The van der Waals surface area contributed by atoms with Gasteiger partial charge in [-0.05, 0) is 38.7 Å². The third-order valence-corrected chi connectivity index (χ3v) is 4.42. The molecule has 2 rings (SSSR count). The molecular formula is C16H23N3O3. The zero-order valence-corrected chi connectivity index (χ0v) is 13.3. The van der Waals surface area contributed by atoms with Crippen LogP contribution in [0.3, 0.4) is 0 Å². The summed E-state index contributed by atoms with van der Waals surface area (Å²) >= 11 is 0. The molecule has 120 valence electrons. The number of hydrogen-bond acceptors (Lipinski definition) is 4. The molecule has 1 aromatic carbocycles. The Balaban J connectivity index is 2.08. The van der Waals surface area contributed by atoms with E-state index in [0.29, 0.717) is 17.2 Å². The average Bonchev–Trinajstić information content (AvgIpc) is 2.46. The number of para-hydroxylation sites is 1. The van der Waals surface area contributed by atoms with Crippen molar-refractivity contribution in [2.75, 3.05) is 18.0 Å². The second kappa shape index (κ2) is 6.77. The molecule has 1 atom stereocenters. The highest BCUT2D eigenvalue weighted by Crippen LogP contribution is 2.34. The Morgan fingerprint density at radius 2 is 2.05 bits per heavy atom. The Kier molecular flexibility index (Phi) is 5.00. The lowest BCUT2D eigenvalue weighted by molar-refractivity contribution is -0.384. The maximum Gasteiger partial charge on any atom is 0.295 e. The minimum Gasteiger partial charge on any atom is -0.366 e. The minimum atomic E-state index is -0.295. The van der Waals surface area contributed by atoms with Gasteiger partial charge >= 0.3 is 0 Å². The Bertz CT molecular complexity index is 566. The predicted octanol–water partition coefficient (Wildman–Crippen LogP) is 2.64. The molecule has 1 saturated heterocycles. The van der Waals surface area contributed by atoms with Gasteiger partial charge in [-0.2, -0.15) is 0 Å². The summed E-state index contributed by atoms with van der Waals surface area (Å²) in [4.78, 5) is 24.2. The van der Waals surface area contributed by atoms with Crippen LogP contribution in [0.4, 0.5) is 11.4 Å². The summed E-state index contributed by atoms with van der Waals surface area (Å²) in [6.45, 7) is 6.88. The molecule has 1 N–H and O–H groups in total. The van der Waals surface area contributed by atoms with Crippen LogP contribution in [0.15, 0.2) is 18.2 Å². The molecule has 1 unspecified atom stereocenters. The number of nitrogens with zero attached hydrogens (tertiary/aromatic N) is 2. The highest BCUT2D eigenvalue weighted by molar-refractivity contribution is 5.73. The topological polar surface area (TPSA) is 75.5 Å². The molecule has 0 radical (unpaired) electrons. The predicted molar refractivity (Wildman–Crippen MR) is 86.0 cm³/mol. The lowest BCUT2D eigenvalue weighted by Gasteiger charge is -2.36. The Morgan fingerprint density at radius 1 is 1.41 bits per heavy atom. The first-order chi connectivity index (χ1) is 10.4. The summed E-state index contributed by atoms with van der Waals surface area (Å²) < 4.78 is 0. The number of carbonyl (C=O) groups is 1. The smallest absolute Gasteiger partial charge is 0.295 e. The fourth-order valence-electron chi connectivity index (χ4n) is 3.22. The van der Waals surface area contributed by atoms with Crippen LogP contribution in [-0.2, 0) is 4.79 Å². The number of benzene rings is 1. The zero-order valence-electron chi connectivity index (χ0n) is 13.3. The number of nitro groups is 1. The first-order valence-corrected chi connectivity index (χ1v) is 7.66. The molecule has 1 heterocycles. The van der Waals surface area contributed by atoms with Crippen molar-refractivity contribution in [1.29, 1.82) is 0 Å². The van der Waals surface area contributed by atoms with E-state index in [1.54, 1.807) is 13.0 Å². The van der Waals surface area contributed by atoms with Gasteiger partial charge in [-0.1, -0.05) is 12.1 Å². The second-order valence-corrected chi connectivity index (χ2v) is 6.01. The van der Waals surface area contributed by atoms with Crippen LogP contribution in [0.2, 0.25) is 0 Å². The van der Waals surface area contributed by atoms with Gasteiger partial charge in [0.05, 0.1) is 4.92 Å². The SMILES string of the molecule is CC(=O)NC(C)C1CCN(c2cccc(C)c2[N+](=O)[O-])CC1. The molecule has 1 aliphatic heterocycles. The normalized spacial score (nSPS) is 17.1. The summed E-state index contributed by atoms with van der Waals surface area (Å²) in [7, 11) is 0. The van der Waals surface area contributed by atoms with Crippen LogP contribution >= 0.6 is 0 Å². The van der Waals surface area contributed by atoms with E-state index in [4.69, 9.17) is 0 Å². The molecule has 1 amide bonds. The standard InChI is InChI=1S/C16H23N3O3/c1-11-5-4-6-15(16(11)19(21)22)18-9-7-14(8-10-18)12(2)17-13(3)20/h4-6,12,14H,7-10H2,1-3H3,(H,17,20). The first kappa shape index (κ1) is 16.3. The van der Waals surface area contributed by atoms with Gasteiger partial charge in [0.1, 0.15) is 5.69 Å². The van der Waals surface area contributed by atoms with Crippen LogP contribution in [-0.4, -0.2) is 30.0 Å². The maximum absolute atomic E-state index is 11.3. The quantitative estimate of drug-likeness (QED) is 0.685. The molecule has 1 aliphatic rings. The number of piperidine rings is 1. The van der Waals surface area contributed by atoms with Crippen molar-refractivity contribution in [2.45, 2.75) is 39.7 Å². The monoisotopic (exact) mass is 305 g/mol. The van der Waals surface area contributed by atoms with E-state index in [1.165, 1.54) is 6.92 Å². The molecule has 0 saturated carbocycles. The number of anilines is 1. The number of amides is 1. The van der Waals surface area contributed by atoms with Crippen LogP contribution < -0.4 is 10.2 Å². The molecule has 6 nitrogen and oxygen atoms in total. The zero-order chi connectivity index (χ0) is 16.3. The average molecular weight is 305 g/mol. The fourth-order valence-corrected chi connectivity index (χ4v) is 3.22. The highest BCUT2D eigenvalue weighted by Gasteiger charge is 2.28. The van der Waals surface area contributed by atoms with Crippen LogP contribution in [0.25, 0.3) is 0 Å². The number of rotatable bonds is 4. The van der Waals surface area contributed by atoms with Crippen LogP contribution in [0.5, 0.6) is 0 Å². The lowest BCUT2D eigenvalue weighted by Crippen LogP contribution is -2.43. The van der Waals surface area contributed by atoms with E-state index < -0.39 is 0 Å². The largest absolute Gasteiger partial charge is 0.366 e. The van der Waals surface area contributed by atoms with Gasteiger partial charge in [-0.25, -0.2) is 0 Å². The molecule has 0 bridgehead atoms. The summed E-state index contributed by atoms with van der Waals surface area (Å²) in [6.07, 6.45) is 1.85. The molecule has 6 heteroatoms. The van der Waals surface area contributed by atoms with Crippen LogP contribution in [0, 0.1) is 23.0 Å². The molecule has 1 fully saturated rings. The molecule has 0 aliphatic carbocycles.